The van der Waals surface area contributed by atoms with Crippen molar-refractivity contribution < 1.29 is 63.1 Å². The normalized spacial score (nSPS) is 14.2. The highest BCUT2D eigenvalue weighted by atomic mass is 19.4. The first-order valence-corrected chi connectivity index (χ1v) is 33.7. The Kier molecular flexibility index (Phi) is 33.9. The number of ketones is 4. The summed E-state index contributed by atoms with van der Waals surface area (Å²) in [6.07, 6.45) is -2.71. The Morgan fingerprint density at radius 3 is 0.844 bits per heavy atom. The van der Waals surface area contributed by atoms with Crippen LogP contribution >= 0.6 is 0 Å². The number of hydrogen-bond donors (Lipinski definition) is 4. The van der Waals surface area contributed by atoms with Crippen LogP contribution in [-0.2, 0) is 57.2 Å². The van der Waals surface area contributed by atoms with E-state index in [4.69, 9.17) is 0 Å². The van der Waals surface area contributed by atoms with Crippen molar-refractivity contribution in [2.24, 2.45) is 21.7 Å². The quantitative estimate of drug-likeness (QED) is 0.0513. The van der Waals surface area contributed by atoms with E-state index in [0.717, 1.165) is 36.6 Å². The first kappa shape index (κ1) is 88.7. The van der Waals surface area contributed by atoms with Crippen LogP contribution in [0.3, 0.4) is 0 Å². The average Bonchev–Trinajstić information content (AvgIpc) is 0.851. The largest absolute Gasteiger partial charge is 0.416 e. The van der Waals surface area contributed by atoms with Crippen LogP contribution in [0.1, 0.15) is 251 Å². The zero-order valence-electron chi connectivity index (χ0n) is 62.3. The molecule has 4 N–H and O–H groups in total. The van der Waals surface area contributed by atoms with Gasteiger partial charge in [0.2, 0.25) is 0 Å². The third-order valence-electron chi connectivity index (χ3n) is 15.1. The van der Waals surface area contributed by atoms with Gasteiger partial charge in [-0.1, -0.05) is 132 Å². The van der Waals surface area contributed by atoms with Crippen LogP contribution in [0.15, 0.2) is 84.9 Å². The average molecular weight is 1370 g/mol. The van der Waals surface area contributed by atoms with E-state index in [2.05, 4.69) is 42.0 Å². The fourth-order valence-electron chi connectivity index (χ4n) is 10.7. The van der Waals surface area contributed by atoms with Crippen LogP contribution in [0.5, 0.6) is 0 Å². The second-order valence-electron chi connectivity index (χ2n) is 33.6. The Morgan fingerprint density at radius 2 is 0.562 bits per heavy atom. The van der Waals surface area contributed by atoms with E-state index in [1.54, 1.807) is 12.1 Å². The highest BCUT2D eigenvalue weighted by molar-refractivity contribution is 5.90. The Bertz CT molecular complexity index is 3060. The van der Waals surface area contributed by atoms with Crippen LogP contribution in [0.2, 0.25) is 0 Å². The lowest BCUT2D eigenvalue weighted by Gasteiger charge is -2.32. The molecule has 0 aromatic heterocycles. The molecule has 0 radical (unpaired) electrons. The minimum atomic E-state index is -4.60. The highest BCUT2D eigenvalue weighted by Gasteiger charge is 2.38. The van der Waals surface area contributed by atoms with Gasteiger partial charge in [-0.15, -0.1) is 0 Å². The van der Waals surface area contributed by atoms with Crippen molar-refractivity contribution in [3.8, 4) is 0 Å². The molecule has 0 fully saturated rings. The predicted octanol–water partition coefficient (Wildman–Crippen LogP) is 20.1. The Labute approximate surface area is 570 Å². The first-order valence-electron chi connectivity index (χ1n) is 33.7. The van der Waals surface area contributed by atoms with Gasteiger partial charge in [0.05, 0.1) is 35.3 Å². The maximum atomic E-state index is 13.7. The molecule has 0 amide bonds. The number of carbonyl (C=O) groups excluding carboxylic acids is 4. The monoisotopic (exact) mass is 1360 g/mol. The van der Waals surface area contributed by atoms with E-state index in [1.165, 1.54) is 36.4 Å². The summed E-state index contributed by atoms with van der Waals surface area (Å²) < 4.78 is 132. The van der Waals surface area contributed by atoms with Gasteiger partial charge in [0.1, 0.15) is 23.3 Å². The molecule has 0 spiro atoms. The predicted molar refractivity (Wildman–Crippen MR) is 372 cm³/mol. The van der Waals surface area contributed by atoms with Crippen molar-refractivity contribution in [2.45, 2.75) is 302 Å². The SMILES string of the molecule is CC(C)(C)NC(CCCc1ccc(F)cc1C(F)(F)F)C(=O)C(C)(C)C.CC(C)(C)NC(CCCc1ccc(F)cc1F)C(=O)C(C)(C)C.CC(C)(C)NC(CCCc1ccccc1C(F)(F)F)C(=O)C(C)(C)C.CC(C)(C)NC(CCCc1ccccc1F)C(=O)C(C)(C)C. The van der Waals surface area contributed by atoms with Crippen molar-refractivity contribution in [3.63, 3.8) is 0 Å². The standard InChI is InChI=1S/C20H29F4NO.C20H30F3NO.C19H29F2NO.C19H30FNO/c1-18(2,3)17(26)16(25-19(4,5)6)9-7-8-13-10-11-14(21)12-15(13)20(22,23)24;1-18(2,3)17(25)16(24-19(4,5)6)13-9-11-14-10-7-8-12-15(14)20(21,22)23;1-18(2,3)17(23)16(22-19(4,5)6)9-7-8-13-10-11-14(20)12-15(13)21;1-18(2,3)17(22)16(21-19(4,5)6)13-9-11-14-10-7-8-12-15(14)20/h10-12,16,25H,7-9H2,1-6H3;7-8,10,12,16,24H,9,11,13H2,1-6H3;10-12,16,22H,7-9H2,1-6H3;7-8,10,12,16,21H,9,11,13H2,1-6H3. The van der Waals surface area contributed by atoms with Gasteiger partial charge in [-0.25, -0.2) is 17.6 Å². The van der Waals surface area contributed by atoms with E-state index in [1.807, 2.05) is 158 Å². The lowest BCUT2D eigenvalue weighted by molar-refractivity contribution is -0.139. The molecule has 0 saturated carbocycles. The van der Waals surface area contributed by atoms with Crippen molar-refractivity contribution in [1.82, 2.24) is 21.3 Å². The minimum Gasteiger partial charge on any atom is -0.303 e. The number of benzene rings is 4. The van der Waals surface area contributed by atoms with Crippen LogP contribution in [-0.4, -0.2) is 69.5 Å². The number of nitrogens with one attached hydrogen (secondary N) is 4. The van der Waals surface area contributed by atoms with Crippen LogP contribution in [0.4, 0.5) is 43.9 Å². The van der Waals surface area contributed by atoms with Gasteiger partial charge >= 0.3 is 12.4 Å². The molecule has 4 aromatic carbocycles. The molecule has 4 unspecified atom stereocenters. The molecular formula is C78H118F10N4O4. The van der Waals surface area contributed by atoms with Crippen LogP contribution in [0, 0.1) is 44.9 Å². The van der Waals surface area contributed by atoms with Gasteiger partial charge in [-0.2, -0.15) is 26.3 Å². The van der Waals surface area contributed by atoms with E-state index < -0.39 is 63.2 Å². The topological polar surface area (TPSA) is 116 Å². The third kappa shape index (κ3) is 35.5. The van der Waals surface area contributed by atoms with E-state index in [-0.39, 0.29) is 92.2 Å². The Balaban J connectivity index is 0.000000641. The number of alkyl halides is 6. The lowest BCUT2D eigenvalue weighted by atomic mass is 9.83. The summed E-state index contributed by atoms with van der Waals surface area (Å²) in [4.78, 5) is 50.6. The Hall–Kier alpha value is -5.30. The zero-order valence-corrected chi connectivity index (χ0v) is 62.3. The van der Waals surface area contributed by atoms with Crippen LogP contribution in [0.25, 0.3) is 0 Å². The molecule has 4 atom stereocenters. The lowest BCUT2D eigenvalue weighted by Crippen LogP contribution is -2.50. The molecular weight excluding hydrogens is 1250 g/mol. The smallest absolute Gasteiger partial charge is 0.303 e. The molecule has 4 aromatic rings. The molecule has 0 saturated heterocycles. The maximum absolute atomic E-state index is 13.7. The molecule has 0 heterocycles. The van der Waals surface area contributed by atoms with Gasteiger partial charge in [0.15, 0.2) is 23.1 Å². The number of carbonyl (C=O) groups is 4. The molecule has 0 aliphatic rings. The van der Waals surface area contributed by atoms with Crippen LogP contribution < -0.4 is 21.3 Å². The van der Waals surface area contributed by atoms with E-state index in [9.17, 15) is 63.1 Å². The van der Waals surface area contributed by atoms with Gasteiger partial charge < -0.3 is 21.3 Å². The molecule has 8 nitrogen and oxygen atoms in total. The summed E-state index contributed by atoms with van der Waals surface area (Å²) in [5.41, 5.74) is -2.65. The summed E-state index contributed by atoms with van der Waals surface area (Å²) in [7, 11) is 0. The number of rotatable bonds is 24. The van der Waals surface area contributed by atoms with Gasteiger partial charge in [-0.05, 0) is 213 Å². The maximum Gasteiger partial charge on any atom is 0.416 e. The number of hydrogen-bond acceptors (Lipinski definition) is 8. The van der Waals surface area contributed by atoms with Gasteiger partial charge in [0, 0.05) is 49.9 Å². The Morgan fingerprint density at radius 1 is 0.312 bits per heavy atom. The molecule has 0 aliphatic heterocycles. The van der Waals surface area contributed by atoms with E-state index >= 15 is 0 Å². The van der Waals surface area contributed by atoms with Crippen molar-refractivity contribution in [3.05, 3.63) is 142 Å². The second kappa shape index (κ2) is 36.7. The summed E-state index contributed by atoms with van der Waals surface area (Å²) in [6, 6.07) is 17.6. The van der Waals surface area contributed by atoms with Crippen molar-refractivity contribution in [2.75, 3.05) is 0 Å². The van der Waals surface area contributed by atoms with Crippen molar-refractivity contribution >= 4 is 23.1 Å². The fraction of sp³-hybridized carbons (Fsp3) is 0.641. The number of aryl methyl sites for hydroxylation is 4. The zero-order chi connectivity index (χ0) is 74.6. The molecule has 4 rings (SSSR count). The molecule has 18 heteroatoms. The highest BCUT2D eigenvalue weighted by Crippen LogP contribution is 2.35. The second-order valence-corrected chi connectivity index (χ2v) is 33.6. The summed E-state index contributed by atoms with van der Waals surface area (Å²) in [5.74, 6) is -1.66. The van der Waals surface area contributed by atoms with Gasteiger partial charge in [0.25, 0.3) is 0 Å². The fourth-order valence-corrected chi connectivity index (χ4v) is 10.7. The number of halogens is 10. The van der Waals surface area contributed by atoms with Gasteiger partial charge in [-0.3, -0.25) is 19.2 Å². The summed E-state index contributed by atoms with van der Waals surface area (Å²) in [6.45, 7) is 46.7. The summed E-state index contributed by atoms with van der Waals surface area (Å²) >= 11 is 0. The molecule has 0 aliphatic carbocycles. The van der Waals surface area contributed by atoms with Crippen molar-refractivity contribution in [1.29, 1.82) is 0 Å². The molecule has 544 valence electrons. The molecule has 0 bridgehead atoms. The first-order chi connectivity index (χ1) is 43.2. The number of Topliss-reactive ketones (excluding diaryl/α,β-unsaturated/α-hetero) is 4. The summed E-state index contributed by atoms with van der Waals surface area (Å²) in [5, 5.41) is 13.4. The third-order valence-corrected chi connectivity index (χ3v) is 15.1. The minimum absolute atomic E-state index is 0.0302. The van der Waals surface area contributed by atoms with E-state index in [0.29, 0.717) is 69.4 Å². The molecule has 96 heavy (non-hydrogen) atoms.